The Balaban J connectivity index is 2.55. The van der Waals surface area contributed by atoms with E-state index in [1.165, 1.54) is 16.7 Å². The Labute approximate surface area is 152 Å². The monoisotopic (exact) mass is 334 g/mol. The number of rotatable bonds is 5. The van der Waals surface area contributed by atoms with Crippen molar-refractivity contribution in [3.8, 4) is 0 Å². The summed E-state index contributed by atoms with van der Waals surface area (Å²) in [5, 5.41) is 0. The van der Waals surface area contributed by atoms with Crippen LogP contribution in [0.3, 0.4) is 0 Å². The van der Waals surface area contributed by atoms with Gasteiger partial charge in [0.1, 0.15) is 6.01 Å². The van der Waals surface area contributed by atoms with E-state index in [4.69, 9.17) is 0 Å². The van der Waals surface area contributed by atoms with Crippen molar-refractivity contribution in [2.75, 3.05) is 0 Å². The Morgan fingerprint density at radius 1 is 0.640 bits per heavy atom. The van der Waals surface area contributed by atoms with E-state index in [1.54, 1.807) is 0 Å². The van der Waals surface area contributed by atoms with Crippen LogP contribution in [-0.4, -0.2) is 6.01 Å². The summed E-state index contributed by atoms with van der Waals surface area (Å²) >= 11 is 0. The number of para-hydroxylation sites is 2. The Morgan fingerprint density at radius 3 is 1.52 bits per heavy atom. The Kier molecular flexibility index (Phi) is 6.33. The third-order valence-corrected chi connectivity index (χ3v) is 4.56. The lowest BCUT2D eigenvalue weighted by atomic mass is 9.93. The maximum absolute atomic E-state index is 4.67. The van der Waals surface area contributed by atoms with Crippen molar-refractivity contribution in [1.29, 1.82) is 0 Å². The van der Waals surface area contributed by atoms with Gasteiger partial charge in [-0.2, -0.15) is 9.98 Å². The van der Waals surface area contributed by atoms with Gasteiger partial charge in [-0.1, -0.05) is 77.9 Å². The van der Waals surface area contributed by atoms with E-state index in [1.807, 2.05) is 0 Å². The molecule has 2 rings (SSSR count). The molecule has 0 unspecified atom stereocenters. The molecule has 0 amide bonds. The molecule has 0 aliphatic rings. The van der Waals surface area contributed by atoms with Crippen molar-refractivity contribution in [3.05, 3.63) is 58.7 Å². The van der Waals surface area contributed by atoms with E-state index in [-0.39, 0.29) is 0 Å². The maximum atomic E-state index is 4.67. The average molecular weight is 335 g/mol. The normalized spacial score (nSPS) is 11.1. The van der Waals surface area contributed by atoms with Crippen molar-refractivity contribution < 1.29 is 0 Å². The molecule has 2 aromatic rings. The highest BCUT2D eigenvalue weighted by molar-refractivity contribution is 5.66. The maximum Gasteiger partial charge on any atom is 0.101 e. The van der Waals surface area contributed by atoms with Crippen LogP contribution in [0.5, 0.6) is 0 Å². The highest BCUT2D eigenvalue weighted by atomic mass is 14.8. The molecule has 0 fully saturated rings. The van der Waals surface area contributed by atoms with Crippen LogP contribution in [0.4, 0.5) is 11.4 Å². The molecule has 0 N–H and O–H groups in total. The van der Waals surface area contributed by atoms with Crippen LogP contribution in [-0.2, 0) is 0 Å². The minimum atomic E-state index is 0.420. The Hall–Kier alpha value is -2.18. The zero-order valence-electron chi connectivity index (χ0n) is 16.6. The third kappa shape index (κ3) is 4.46. The first-order chi connectivity index (χ1) is 11.8. The van der Waals surface area contributed by atoms with E-state index in [2.05, 4.69) is 101 Å². The highest BCUT2D eigenvalue weighted by Crippen LogP contribution is 2.34. The van der Waals surface area contributed by atoms with Crippen molar-refractivity contribution >= 4 is 17.4 Å². The van der Waals surface area contributed by atoms with Gasteiger partial charge >= 0.3 is 0 Å². The van der Waals surface area contributed by atoms with Crippen LogP contribution in [0.2, 0.25) is 0 Å². The largest absolute Gasteiger partial charge is 0.187 e. The third-order valence-electron chi connectivity index (χ3n) is 4.56. The van der Waals surface area contributed by atoms with E-state index in [0.717, 1.165) is 16.9 Å². The summed E-state index contributed by atoms with van der Waals surface area (Å²) in [6.45, 7) is 15.3. The number of hydrogen-bond acceptors (Lipinski definition) is 2. The molecule has 25 heavy (non-hydrogen) atoms. The predicted octanol–water partition coefficient (Wildman–Crippen LogP) is 7.50. The topological polar surface area (TPSA) is 24.7 Å². The van der Waals surface area contributed by atoms with Gasteiger partial charge < -0.3 is 0 Å². The first kappa shape index (κ1) is 19.1. The molecule has 0 aliphatic carbocycles. The molecule has 0 saturated heterocycles. The van der Waals surface area contributed by atoms with Crippen LogP contribution in [0.25, 0.3) is 0 Å². The van der Waals surface area contributed by atoms with Crippen LogP contribution >= 0.6 is 0 Å². The minimum absolute atomic E-state index is 0.420. The van der Waals surface area contributed by atoms with Gasteiger partial charge in [-0.3, -0.25) is 0 Å². The molecule has 0 saturated carbocycles. The standard InChI is InChI=1S/C23H30N2/c1-15(2)19-11-8-10-18(7)22(19)24-14-25-23-20(16(3)4)12-9-13-21(23)17(5)6/h8-13,15-17H,1-7H3. The van der Waals surface area contributed by atoms with Crippen LogP contribution in [0.15, 0.2) is 46.4 Å². The van der Waals surface area contributed by atoms with Gasteiger partial charge in [-0.05, 0) is 46.9 Å². The molecule has 2 aromatic carbocycles. The van der Waals surface area contributed by atoms with Gasteiger partial charge in [0, 0.05) is 0 Å². The highest BCUT2D eigenvalue weighted by Gasteiger charge is 2.13. The van der Waals surface area contributed by atoms with E-state index < -0.39 is 0 Å². The molecule has 0 aromatic heterocycles. The molecule has 0 spiro atoms. The molecule has 2 nitrogen and oxygen atoms in total. The Morgan fingerprint density at radius 2 is 1.04 bits per heavy atom. The lowest BCUT2D eigenvalue weighted by Crippen LogP contribution is -1.95. The summed E-state index contributed by atoms with van der Waals surface area (Å²) in [4.78, 5) is 9.28. The van der Waals surface area contributed by atoms with Crippen molar-refractivity contribution in [3.63, 3.8) is 0 Å². The molecule has 0 bridgehead atoms. The van der Waals surface area contributed by atoms with Crippen molar-refractivity contribution in [2.45, 2.75) is 66.2 Å². The van der Waals surface area contributed by atoms with Crippen LogP contribution in [0, 0.1) is 6.92 Å². The SMILES string of the molecule is Cc1cccc(C(C)C)c1N=C=Nc1c(C(C)C)cccc1C(C)C. The van der Waals surface area contributed by atoms with Gasteiger partial charge in [0.2, 0.25) is 0 Å². The van der Waals surface area contributed by atoms with E-state index in [0.29, 0.717) is 17.8 Å². The summed E-state index contributed by atoms with van der Waals surface area (Å²) in [5.41, 5.74) is 6.93. The molecule has 0 aliphatic heterocycles. The Bertz CT molecular complexity index is 765. The van der Waals surface area contributed by atoms with Gasteiger partial charge in [0.15, 0.2) is 0 Å². The van der Waals surface area contributed by atoms with Crippen molar-refractivity contribution in [1.82, 2.24) is 0 Å². The summed E-state index contributed by atoms with van der Waals surface area (Å²) in [6.07, 6.45) is 0. The van der Waals surface area contributed by atoms with Crippen LogP contribution in [0.1, 0.15) is 81.5 Å². The molecular formula is C23H30N2. The number of aliphatic imine (C=N–C) groups is 2. The first-order valence-electron chi connectivity index (χ1n) is 9.21. The number of nitrogens with zero attached hydrogens (tertiary/aromatic N) is 2. The fourth-order valence-electron chi connectivity index (χ4n) is 3.07. The second kappa shape index (κ2) is 8.27. The summed E-state index contributed by atoms with van der Waals surface area (Å²) < 4.78 is 0. The minimum Gasteiger partial charge on any atom is -0.187 e. The molecule has 2 heteroatoms. The average Bonchev–Trinajstić information content (AvgIpc) is 2.55. The number of hydrogen-bond donors (Lipinski definition) is 0. The molecule has 0 heterocycles. The fraction of sp³-hybridized carbons (Fsp3) is 0.435. The van der Waals surface area contributed by atoms with Gasteiger partial charge in [0.25, 0.3) is 0 Å². The summed E-state index contributed by atoms with van der Waals surface area (Å²) in [6, 6.07) is 15.8. The van der Waals surface area contributed by atoms with Crippen molar-refractivity contribution in [2.24, 2.45) is 9.98 Å². The molecular weight excluding hydrogens is 304 g/mol. The van der Waals surface area contributed by atoms with Gasteiger partial charge in [0.05, 0.1) is 11.4 Å². The molecule has 132 valence electrons. The van der Waals surface area contributed by atoms with E-state index >= 15 is 0 Å². The summed E-state index contributed by atoms with van der Waals surface area (Å²) in [7, 11) is 0. The number of aryl methyl sites for hydroxylation is 1. The van der Waals surface area contributed by atoms with Gasteiger partial charge in [-0.15, -0.1) is 0 Å². The lowest BCUT2D eigenvalue weighted by Gasteiger charge is -2.15. The predicted molar refractivity (Wildman–Crippen MR) is 109 cm³/mol. The summed E-state index contributed by atoms with van der Waals surface area (Å²) in [5.74, 6) is 1.27. The molecule has 0 radical (unpaired) electrons. The number of benzene rings is 2. The van der Waals surface area contributed by atoms with Gasteiger partial charge in [-0.25, -0.2) is 0 Å². The zero-order valence-corrected chi connectivity index (χ0v) is 16.6. The quantitative estimate of drug-likeness (QED) is 0.506. The fourth-order valence-corrected chi connectivity index (χ4v) is 3.07. The first-order valence-corrected chi connectivity index (χ1v) is 9.21. The second-order valence-corrected chi connectivity index (χ2v) is 7.59. The lowest BCUT2D eigenvalue weighted by molar-refractivity contribution is 0.835. The smallest absolute Gasteiger partial charge is 0.101 e. The zero-order chi connectivity index (χ0) is 18.6. The van der Waals surface area contributed by atoms with Crippen LogP contribution < -0.4 is 0 Å². The molecule has 0 atom stereocenters. The second-order valence-electron chi connectivity index (χ2n) is 7.59. The van der Waals surface area contributed by atoms with E-state index in [9.17, 15) is 0 Å².